The topological polar surface area (TPSA) is 77.2 Å². The molecule has 4 heterocycles. The van der Waals surface area contributed by atoms with Crippen LogP contribution in [-0.4, -0.2) is 31.7 Å². The Balaban J connectivity index is 0.00000132. The molecule has 0 unspecified atom stereocenters. The Labute approximate surface area is 181 Å². The highest BCUT2D eigenvalue weighted by Crippen LogP contribution is 2.26. The number of nitrogens with zero attached hydrogens (tertiary/aromatic N) is 5. The van der Waals surface area contributed by atoms with E-state index in [1.807, 2.05) is 38.2 Å². The molecule has 0 radical (unpaired) electrons. The van der Waals surface area contributed by atoms with Crippen molar-refractivity contribution in [2.45, 2.75) is 40.0 Å². The zero-order chi connectivity index (χ0) is 22.2. The average Bonchev–Trinajstić information content (AvgIpc) is 3.24. The third kappa shape index (κ3) is 5.14. The number of fused-ring (bicyclic) bond motifs is 1. The highest BCUT2D eigenvalue weighted by atomic mass is 19.1. The predicted octanol–water partition coefficient (Wildman–Crippen LogP) is 5.45. The van der Waals surface area contributed by atoms with Gasteiger partial charge in [-0.2, -0.15) is 0 Å². The summed E-state index contributed by atoms with van der Waals surface area (Å²) in [6, 6.07) is 8.99. The lowest BCUT2D eigenvalue weighted by Gasteiger charge is -2.10. The van der Waals surface area contributed by atoms with Crippen LogP contribution in [0.15, 0.2) is 48.9 Å². The number of nitrogens with one attached hydrogen (secondary N) is 1. The van der Waals surface area contributed by atoms with Crippen LogP contribution >= 0.6 is 0 Å². The Bertz CT molecular complexity index is 1140. The van der Waals surface area contributed by atoms with E-state index in [1.54, 1.807) is 23.8 Å². The first-order valence-corrected chi connectivity index (χ1v) is 10.4. The maximum absolute atomic E-state index is 14.2. The van der Waals surface area contributed by atoms with Gasteiger partial charge in [-0.15, -0.1) is 5.10 Å². The number of pyridine rings is 2. The minimum Gasteiger partial charge on any atom is -0.481 e. The summed E-state index contributed by atoms with van der Waals surface area (Å²) < 4.78 is 21.1. The smallest absolute Gasteiger partial charge is 0.213 e. The van der Waals surface area contributed by atoms with Crippen LogP contribution in [0.5, 0.6) is 5.88 Å². The number of ether oxygens (including phenoxy) is 1. The standard InChI is InChI=1S/C21H21FN6O.C2H6/c1-3-4-6-14-11-18-21(25-16-9-10-23-12-15(16)22)26-20(27-28(18)13-14)17-7-5-8-19(24-17)29-2;1-2/h5,7-13H,3-4,6H2,1-2H3,(H,23,25,26,27);1-2H3. The molecule has 0 saturated carbocycles. The molecule has 7 nitrogen and oxygen atoms in total. The highest BCUT2D eigenvalue weighted by Gasteiger charge is 2.14. The fraction of sp³-hybridized carbons (Fsp3) is 0.304. The van der Waals surface area contributed by atoms with Gasteiger partial charge in [0, 0.05) is 18.5 Å². The molecule has 0 amide bonds. The van der Waals surface area contributed by atoms with Crippen LogP contribution in [0.25, 0.3) is 17.0 Å². The molecule has 0 spiro atoms. The molecule has 0 aliphatic rings. The molecule has 0 aliphatic heterocycles. The number of methoxy groups -OCH3 is 1. The van der Waals surface area contributed by atoms with Crippen molar-refractivity contribution in [1.29, 1.82) is 0 Å². The average molecular weight is 423 g/mol. The maximum Gasteiger partial charge on any atom is 0.213 e. The molecule has 4 rings (SSSR count). The Morgan fingerprint density at radius 2 is 2.00 bits per heavy atom. The molecular formula is C23H27FN6O. The van der Waals surface area contributed by atoms with Crippen molar-refractivity contribution >= 4 is 17.0 Å². The Hall–Kier alpha value is -3.55. The van der Waals surface area contributed by atoms with Crippen LogP contribution in [0.3, 0.4) is 0 Å². The predicted molar refractivity (Wildman–Crippen MR) is 120 cm³/mol. The van der Waals surface area contributed by atoms with Gasteiger partial charge in [0.15, 0.2) is 11.6 Å². The maximum atomic E-state index is 14.2. The van der Waals surface area contributed by atoms with Gasteiger partial charge in [-0.3, -0.25) is 4.98 Å². The number of unbranched alkanes of at least 4 members (excludes halogenated alkanes) is 1. The molecule has 4 aromatic rings. The van der Waals surface area contributed by atoms with E-state index in [-0.39, 0.29) is 0 Å². The van der Waals surface area contributed by atoms with Crippen molar-refractivity contribution in [2.24, 2.45) is 0 Å². The second-order valence-electron chi connectivity index (χ2n) is 6.61. The van der Waals surface area contributed by atoms with Gasteiger partial charge in [0.05, 0.1) is 19.0 Å². The van der Waals surface area contributed by atoms with Crippen LogP contribution in [0, 0.1) is 5.82 Å². The Morgan fingerprint density at radius 1 is 1.16 bits per heavy atom. The number of aromatic nitrogens is 5. The monoisotopic (exact) mass is 422 g/mol. The molecule has 0 atom stereocenters. The van der Waals surface area contributed by atoms with E-state index < -0.39 is 5.82 Å². The SMILES string of the molecule is CC.CCCCc1cc2c(Nc3ccncc3F)nc(-c3cccc(OC)n3)nn2c1. The van der Waals surface area contributed by atoms with Gasteiger partial charge in [0.25, 0.3) is 0 Å². The normalized spacial score (nSPS) is 10.5. The fourth-order valence-electron chi connectivity index (χ4n) is 3.03. The highest BCUT2D eigenvalue weighted by molar-refractivity contribution is 5.75. The van der Waals surface area contributed by atoms with Crippen molar-refractivity contribution in [1.82, 2.24) is 24.6 Å². The molecule has 162 valence electrons. The lowest BCUT2D eigenvalue weighted by Crippen LogP contribution is -2.05. The minimum atomic E-state index is -0.455. The van der Waals surface area contributed by atoms with E-state index in [1.165, 1.54) is 6.20 Å². The van der Waals surface area contributed by atoms with Gasteiger partial charge in [0.1, 0.15) is 11.2 Å². The Morgan fingerprint density at radius 3 is 2.74 bits per heavy atom. The molecule has 0 saturated heterocycles. The van der Waals surface area contributed by atoms with E-state index in [0.717, 1.165) is 36.5 Å². The molecule has 4 aromatic heterocycles. The number of halogens is 1. The van der Waals surface area contributed by atoms with Crippen LogP contribution in [0.1, 0.15) is 39.2 Å². The summed E-state index contributed by atoms with van der Waals surface area (Å²) >= 11 is 0. The quantitative estimate of drug-likeness (QED) is 0.427. The van der Waals surface area contributed by atoms with E-state index in [0.29, 0.717) is 28.9 Å². The van der Waals surface area contributed by atoms with Crippen molar-refractivity contribution in [3.63, 3.8) is 0 Å². The first kappa shape index (κ1) is 22.1. The molecular weight excluding hydrogens is 395 g/mol. The zero-order valence-electron chi connectivity index (χ0n) is 18.3. The zero-order valence-corrected chi connectivity index (χ0v) is 18.3. The molecule has 0 aromatic carbocycles. The molecule has 0 aliphatic carbocycles. The van der Waals surface area contributed by atoms with Crippen LogP contribution in [0.2, 0.25) is 0 Å². The number of anilines is 2. The second-order valence-corrected chi connectivity index (χ2v) is 6.61. The number of hydrogen-bond acceptors (Lipinski definition) is 6. The second kappa shape index (κ2) is 10.5. The van der Waals surface area contributed by atoms with Crippen molar-refractivity contribution in [3.05, 3.63) is 60.3 Å². The number of hydrogen-bond donors (Lipinski definition) is 1. The van der Waals surface area contributed by atoms with Gasteiger partial charge < -0.3 is 10.1 Å². The number of aryl methyl sites for hydroxylation is 1. The van der Waals surface area contributed by atoms with Crippen LogP contribution in [-0.2, 0) is 6.42 Å². The summed E-state index contributed by atoms with van der Waals surface area (Å²) in [4.78, 5) is 12.8. The lowest BCUT2D eigenvalue weighted by molar-refractivity contribution is 0.398. The molecule has 0 bridgehead atoms. The molecule has 31 heavy (non-hydrogen) atoms. The molecule has 8 heteroatoms. The molecule has 1 N–H and O–H groups in total. The lowest BCUT2D eigenvalue weighted by atomic mass is 10.1. The first-order valence-electron chi connectivity index (χ1n) is 10.4. The number of rotatable bonds is 7. The first-order chi connectivity index (χ1) is 15.2. The van der Waals surface area contributed by atoms with Gasteiger partial charge >= 0.3 is 0 Å². The summed E-state index contributed by atoms with van der Waals surface area (Å²) in [5, 5.41) is 7.69. The van der Waals surface area contributed by atoms with Gasteiger partial charge in [-0.25, -0.2) is 18.9 Å². The third-order valence-corrected chi connectivity index (χ3v) is 4.53. The van der Waals surface area contributed by atoms with Crippen molar-refractivity contribution in [2.75, 3.05) is 12.4 Å². The third-order valence-electron chi connectivity index (χ3n) is 4.53. The fourth-order valence-corrected chi connectivity index (χ4v) is 3.03. The van der Waals surface area contributed by atoms with Gasteiger partial charge in [-0.05, 0) is 36.6 Å². The van der Waals surface area contributed by atoms with Crippen molar-refractivity contribution in [3.8, 4) is 17.4 Å². The van der Waals surface area contributed by atoms with Gasteiger partial charge in [0.2, 0.25) is 11.7 Å². The minimum absolute atomic E-state index is 0.293. The summed E-state index contributed by atoms with van der Waals surface area (Å²) in [6.45, 7) is 6.15. The summed E-state index contributed by atoms with van der Waals surface area (Å²) in [6.07, 6.45) is 7.79. The summed E-state index contributed by atoms with van der Waals surface area (Å²) in [5.41, 5.74) is 2.77. The van der Waals surface area contributed by atoms with E-state index in [9.17, 15) is 4.39 Å². The van der Waals surface area contributed by atoms with E-state index in [4.69, 9.17) is 4.74 Å². The summed E-state index contributed by atoms with van der Waals surface area (Å²) in [5.74, 6) is 0.915. The van der Waals surface area contributed by atoms with Crippen LogP contribution in [0.4, 0.5) is 15.9 Å². The van der Waals surface area contributed by atoms with Crippen molar-refractivity contribution < 1.29 is 9.13 Å². The largest absolute Gasteiger partial charge is 0.481 e. The van der Waals surface area contributed by atoms with Gasteiger partial charge in [-0.1, -0.05) is 33.3 Å². The summed E-state index contributed by atoms with van der Waals surface area (Å²) in [7, 11) is 1.56. The molecule has 0 fully saturated rings. The van der Waals surface area contributed by atoms with E-state index >= 15 is 0 Å². The Kier molecular flexibility index (Phi) is 7.48. The van der Waals surface area contributed by atoms with Crippen LogP contribution < -0.4 is 10.1 Å². The van der Waals surface area contributed by atoms with E-state index in [2.05, 4.69) is 32.3 Å².